The van der Waals surface area contributed by atoms with Crippen LogP contribution >= 0.6 is 0 Å². The number of fused-ring (bicyclic) bond motifs is 1. The van der Waals surface area contributed by atoms with Crippen molar-refractivity contribution >= 4 is 40.0 Å². The molecule has 3 saturated heterocycles. The summed E-state index contributed by atoms with van der Waals surface area (Å²) >= 11 is 0. The van der Waals surface area contributed by atoms with Crippen LogP contribution in [0.5, 0.6) is 0 Å². The molecule has 2 aromatic carbocycles. The van der Waals surface area contributed by atoms with Gasteiger partial charge < -0.3 is 20.0 Å². The van der Waals surface area contributed by atoms with Gasteiger partial charge in [-0.05, 0) is 43.6 Å². The van der Waals surface area contributed by atoms with E-state index < -0.39 is 0 Å². The fourth-order valence-corrected chi connectivity index (χ4v) is 5.80. The molecule has 1 N–H and O–H groups in total. The number of rotatable bonds is 6. The molecule has 0 aliphatic carbocycles. The van der Waals surface area contributed by atoms with E-state index in [-0.39, 0.29) is 5.91 Å². The molecule has 194 valence electrons. The van der Waals surface area contributed by atoms with Gasteiger partial charge >= 0.3 is 0 Å². The molecular formula is C29H37N7O. The van der Waals surface area contributed by atoms with E-state index in [1.165, 1.54) is 25.7 Å². The summed E-state index contributed by atoms with van der Waals surface area (Å²) < 4.78 is 0. The summed E-state index contributed by atoms with van der Waals surface area (Å²) in [5.74, 6) is 3.01. The van der Waals surface area contributed by atoms with Gasteiger partial charge in [0.25, 0.3) is 0 Å². The fourth-order valence-electron chi connectivity index (χ4n) is 5.80. The first kappa shape index (κ1) is 24.0. The van der Waals surface area contributed by atoms with E-state index in [1.807, 2.05) is 12.1 Å². The molecule has 3 fully saturated rings. The molecule has 3 aliphatic rings. The first-order valence-electron chi connectivity index (χ1n) is 13.8. The highest BCUT2D eigenvalue weighted by atomic mass is 16.2. The number of carbonyl (C=O) groups excluding carboxylic acids is 1. The Morgan fingerprint density at radius 2 is 1.41 bits per heavy atom. The number of piperazine rings is 1. The smallest absolute Gasteiger partial charge is 0.238 e. The van der Waals surface area contributed by atoms with Gasteiger partial charge in [0.2, 0.25) is 11.9 Å². The number of aryl methyl sites for hydroxylation is 1. The van der Waals surface area contributed by atoms with Crippen molar-refractivity contribution in [2.75, 3.05) is 78.9 Å². The van der Waals surface area contributed by atoms with E-state index >= 15 is 0 Å². The molecule has 6 rings (SSSR count). The summed E-state index contributed by atoms with van der Waals surface area (Å²) in [5, 5.41) is 5.43. The number of anilines is 4. The van der Waals surface area contributed by atoms with Crippen molar-refractivity contribution < 1.29 is 4.79 Å². The van der Waals surface area contributed by atoms with E-state index in [2.05, 4.69) is 62.2 Å². The Morgan fingerprint density at radius 3 is 2.11 bits per heavy atom. The summed E-state index contributed by atoms with van der Waals surface area (Å²) in [4.78, 5) is 32.3. The van der Waals surface area contributed by atoms with Crippen LogP contribution < -0.4 is 20.0 Å². The molecule has 4 heterocycles. The van der Waals surface area contributed by atoms with Crippen molar-refractivity contribution in [1.82, 2.24) is 14.9 Å². The van der Waals surface area contributed by atoms with Gasteiger partial charge in [-0.2, -0.15) is 9.97 Å². The molecule has 0 unspecified atom stereocenters. The van der Waals surface area contributed by atoms with Crippen LogP contribution in [0.4, 0.5) is 23.3 Å². The van der Waals surface area contributed by atoms with Crippen molar-refractivity contribution in [3.63, 3.8) is 0 Å². The molecule has 0 radical (unpaired) electrons. The third-order valence-electron chi connectivity index (χ3n) is 7.97. The second kappa shape index (κ2) is 10.5. The highest BCUT2D eigenvalue weighted by molar-refractivity contribution is 6.04. The first-order chi connectivity index (χ1) is 18.1. The average molecular weight is 500 g/mol. The lowest BCUT2D eigenvalue weighted by atomic mass is 10.0. The maximum Gasteiger partial charge on any atom is 0.238 e. The van der Waals surface area contributed by atoms with Crippen molar-refractivity contribution in [3.8, 4) is 0 Å². The van der Waals surface area contributed by atoms with E-state index in [4.69, 9.17) is 9.97 Å². The molecule has 37 heavy (non-hydrogen) atoms. The lowest BCUT2D eigenvalue weighted by molar-refractivity contribution is -0.117. The standard InChI is InChI=1S/C29H37N7O/c1-22-10-11-23-8-2-3-9-24(23)28(22)32-27(37)21-33-16-18-35(19-17-33)26-20-25(34-12-4-5-13-34)30-29(31-26)36-14-6-7-15-36/h2-3,8-11,20H,4-7,12-19,21H2,1H3,(H,32,37). The van der Waals surface area contributed by atoms with Crippen LogP contribution in [0.2, 0.25) is 0 Å². The Hall–Kier alpha value is -3.39. The van der Waals surface area contributed by atoms with Gasteiger partial charge in [-0.15, -0.1) is 0 Å². The predicted octanol–water partition coefficient (Wildman–Crippen LogP) is 3.90. The highest BCUT2D eigenvalue weighted by Crippen LogP contribution is 2.29. The van der Waals surface area contributed by atoms with E-state index in [0.717, 1.165) is 92.0 Å². The van der Waals surface area contributed by atoms with Crippen LogP contribution in [0, 0.1) is 6.92 Å². The van der Waals surface area contributed by atoms with Crippen LogP contribution in [0.15, 0.2) is 42.5 Å². The largest absolute Gasteiger partial charge is 0.356 e. The third-order valence-corrected chi connectivity index (χ3v) is 7.97. The Labute approximate surface area is 219 Å². The van der Waals surface area contributed by atoms with Gasteiger partial charge in [-0.3, -0.25) is 9.69 Å². The van der Waals surface area contributed by atoms with Crippen LogP contribution in [-0.2, 0) is 4.79 Å². The Balaban J connectivity index is 1.11. The number of nitrogens with one attached hydrogen (secondary N) is 1. The first-order valence-corrected chi connectivity index (χ1v) is 13.8. The number of aromatic nitrogens is 2. The minimum atomic E-state index is 0.0441. The molecule has 1 amide bonds. The molecular weight excluding hydrogens is 462 g/mol. The summed E-state index contributed by atoms with van der Waals surface area (Å²) in [7, 11) is 0. The Bertz CT molecular complexity index is 1220. The SMILES string of the molecule is Cc1ccc2ccccc2c1NC(=O)CN1CCN(c2cc(N3CCCC3)nc(N3CCCC3)n2)CC1. The lowest BCUT2D eigenvalue weighted by Crippen LogP contribution is -2.49. The molecule has 3 aromatic rings. The van der Waals surface area contributed by atoms with Crippen molar-refractivity contribution in [3.05, 3.63) is 48.0 Å². The quantitative estimate of drug-likeness (QED) is 0.552. The van der Waals surface area contributed by atoms with Gasteiger partial charge in [-0.25, -0.2) is 0 Å². The van der Waals surface area contributed by atoms with Gasteiger partial charge in [0.1, 0.15) is 11.6 Å². The molecule has 3 aliphatic heterocycles. The molecule has 8 heteroatoms. The summed E-state index contributed by atoms with van der Waals surface area (Å²) in [6, 6.07) is 14.6. The number of benzene rings is 2. The maximum atomic E-state index is 13.0. The number of hydrogen-bond acceptors (Lipinski definition) is 7. The Morgan fingerprint density at radius 1 is 0.784 bits per heavy atom. The molecule has 0 atom stereocenters. The van der Waals surface area contributed by atoms with Crippen LogP contribution in [0.25, 0.3) is 10.8 Å². The molecule has 8 nitrogen and oxygen atoms in total. The topological polar surface area (TPSA) is 67.8 Å². The summed E-state index contributed by atoms with van der Waals surface area (Å²) in [6.07, 6.45) is 4.90. The minimum Gasteiger partial charge on any atom is -0.356 e. The second-order valence-corrected chi connectivity index (χ2v) is 10.6. The van der Waals surface area contributed by atoms with Crippen molar-refractivity contribution in [2.24, 2.45) is 0 Å². The zero-order valence-corrected chi connectivity index (χ0v) is 21.8. The van der Waals surface area contributed by atoms with Crippen LogP contribution in [0.1, 0.15) is 31.2 Å². The molecule has 0 saturated carbocycles. The van der Waals surface area contributed by atoms with Gasteiger partial charge in [0.15, 0.2) is 0 Å². The monoisotopic (exact) mass is 499 g/mol. The fraction of sp³-hybridized carbons (Fsp3) is 0.483. The van der Waals surface area contributed by atoms with Crippen molar-refractivity contribution in [1.29, 1.82) is 0 Å². The predicted molar refractivity (Wildman–Crippen MR) is 151 cm³/mol. The normalized spacial score (nSPS) is 18.7. The zero-order valence-electron chi connectivity index (χ0n) is 21.8. The maximum absolute atomic E-state index is 13.0. The highest BCUT2D eigenvalue weighted by Gasteiger charge is 2.25. The van der Waals surface area contributed by atoms with Crippen LogP contribution in [-0.4, -0.2) is 79.7 Å². The number of amides is 1. The minimum absolute atomic E-state index is 0.0441. The average Bonchev–Trinajstić information content (AvgIpc) is 3.66. The molecule has 0 spiro atoms. The molecule has 1 aromatic heterocycles. The van der Waals surface area contributed by atoms with Crippen molar-refractivity contribution in [2.45, 2.75) is 32.6 Å². The second-order valence-electron chi connectivity index (χ2n) is 10.6. The zero-order chi connectivity index (χ0) is 25.2. The van der Waals surface area contributed by atoms with E-state index in [1.54, 1.807) is 0 Å². The lowest BCUT2D eigenvalue weighted by Gasteiger charge is -2.35. The third kappa shape index (κ3) is 5.21. The number of hydrogen-bond donors (Lipinski definition) is 1. The summed E-state index contributed by atoms with van der Waals surface area (Å²) in [5.41, 5.74) is 2.01. The van der Waals surface area contributed by atoms with Gasteiger partial charge in [0.05, 0.1) is 12.2 Å². The molecule has 0 bridgehead atoms. The number of nitrogens with zero attached hydrogens (tertiary/aromatic N) is 6. The van der Waals surface area contributed by atoms with Gasteiger partial charge in [-0.1, -0.05) is 36.4 Å². The van der Waals surface area contributed by atoms with Gasteiger partial charge in [0, 0.05) is 63.8 Å². The summed E-state index contributed by atoms with van der Waals surface area (Å²) in [6.45, 7) is 10.1. The Kier molecular flexibility index (Phi) is 6.83. The van der Waals surface area contributed by atoms with Crippen LogP contribution in [0.3, 0.4) is 0 Å². The van der Waals surface area contributed by atoms with E-state index in [0.29, 0.717) is 6.54 Å². The van der Waals surface area contributed by atoms with E-state index in [9.17, 15) is 4.79 Å². The number of carbonyl (C=O) groups is 1.